The number of amides is 1. The van der Waals surface area contributed by atoms with Crippen LogP contribution in [-0.4, -0.2) is 36.7 Å². The monoisotopic (exact) mass is 456 g/mol. The maximum Gasteiger partial charge on any atom is 0.262 e. The molecule has 0 radical (unpaired) electrons. The quantitative estimate of drug-likeness (QED) is 0.478. The Bertz CT molecular complexity index is 1210. The van der Waals surface area contributed by atoms with Gasteiger partial charge in [-0.1, -0.05) is 24.3 Å². The maximum absolute atomic E-state index is 13.1. The Hall–Kier alpha value is -3.93. The number of benzene rings is 3. The normalized spacial score (nSPS) is 13.9. The maximum atomic E-state index is 13.1. The van der Waals surface area contributed by atoms with E-state index < -0.39 is 0 Å². The smallest absolute Gasteiger partial charge is 0.262 e. The molecule has 0 aliphatic carbocycles. The topological polar surface area (TPSA) is 77.0 Å². The van der Waals surface area contributed by atoms with E-state index in [0.717, 1.165) is 23.4 Å². The summed E-state index contributed by atoms with van der Waals surface area (Å²) in [5, 5.41) is 2.78. The number of fused-ring (bicyclic) bond motifs is 1. The fourth-order valence-electron chi connectivity index (χ4n) is 4.03. The van der Waals surface area contributed by atoms with E-state index >= 15 is 0 Å². The lowest BCUT2D eigenvalue weighted by atomic mass is 9.85. The molecule has 34 heavy (non-hydrogen) atoms. The molecule has 1 aliphatic rings. The molecule has 1 heterocycles. The van der Waals surface area contributed by atoms with Crippen LogP contribution in [0.5, 0.6) is 11.5 Å². The first-order valence-electron chi connectivity index (χ1n) is 11.2. The van der Waals surface area contributed by atoms with Crippen LogP contribution in [0.1, 0.15) is 41.8 Å². The molecule has 0 spiro atoms. The number of rotatable bonds is 8. The number of carbonyl (C=O) groups is 2. The number of methoxy groups -OCH3 is 1. The van der Waals surface area contributed by atoms with Gasteiger partial charge in [0.15, 0.2) is 12.4 Å². The number of carbonyl (C=O) groups excluding carboxylic acids is 2. The summed E-state index contributed by atoms with van der Waals surface area (Å²) < 4.78 is 10.8. The van der Waals surface area contributed by atoms with Gasteiger partial charge in [-0.3, -0.25) is 14.6 Å². The molecule has 0 fully saturated rings. The van der Waals surface area contributed by atoms with Crippen molar-refractivity contribution in [3.63, 3.8) is 0 Å². The van der Waals surface area contributed by atoms with E-state index in [1.165, 1.54) is 5.56 Å². The zero-order valence-corrected chi connectivity index (χ0v) is 19.6. The van der Waals surface area contributed by atoms with Crippen molar-refractivity contribution in [2.24, 2.45) is 4.99 Å². The van der Waals surface area contributed by atoms with Gasteiger partial charge < -0.3 is 14.8 Å². The van der Waals surface area contributed by atoms with E-state index in [4.69, 9.17) is 14.5 Å². The number of ether oxygens (including phenoxy) is 2. The number of nitrogens with zero attached hydrogens (tertiary/aromatic N) is 1. The van der Waals surface area contributed by atoms with Crippen LogP contribution in [0.3, 0.4) is 0 Å². The number of Topliss-reactive ketones (excluding diaryl/α,β-unsaturated/α-hetero) is 1. The van der Waals surface area contributed by atoms with Crippen LogP contribution in [-0.2, 0) is 11.2 Å². The summed E-state index contributed by atoms with van der Waals surface area (Å²) in [6.45, 7) is 4.05. The number of aliphatic imine (C=N–C) groups is 1. The van der Waals surface area contributed by atoms with E-state index in [0.29, 0.717) is 17.0 Å². The molecule has 0 bridgehead atoms. The minimum Gasteiger partial charge on any atom is -0.497 e. The van der Waals surface area contributed by atoms with Crippen molar-refractivity contribution in [2.75, 3.05) is 19.0 Å². The number of para-hydroxylation sites is 1. The molecular formula is C28H28N2O4. The molecule has 1 amide bonds. The highest BCUT2D eigenvalue weighted by Gasteiger charge is 2.28. The summed E-state index contributed by atoms with van der Waals surface area (Å²) in [7, 11) is 1.63. The number of ketones is 1. The van der Waals surface area contributed by atoms with Gasteiger partial charge in [0, 0.05) is 16.8 Å². The highest BCUT2D eigenvalue weighted by Crippen LogP contribution is 2.31. The van der Waals surface area contributed by atoms with Crippen molar-refractivity contribution in [3.8, 4) is 11.5 Å². The van der Waals surface area contributed by atoms with Crippen LogP contribution in [0.4, 0.5) is 5.69 Å². The zero-order chi connectivity index (χ0) is 24.1. The van der Waals surface area contributed by atoms with E-state index in [9.17, 15) is 9.59 Å². The van der Waals surface area contributed by atoms with Gasteiger partial charge in [0.25, 0.3) is 5.91 Å². The Morgan fingerprint density at radius 3 is 2.41 bits per heavy atom. The summed E-state index contributed by atoms with van der Waals surface area (Å²) in [5.74, 6) is 1.07. The fourth-order valence-corrected chi connectivity index (χ4v) is 4.03. The number of hydrogen-bond acceptors (Lipinski definition) is 5. The summed E-state index contributed by atoms with van der Waals surface area (Å²) in [4.78, 5) is 30.1. The van der Waals surface area contributed by atoms with Gasteiger partial charge in [0.2, 0.25) is 0 Å². The molecule has 0 aromatic heterocycles. The van der Waals surface area contributed by atoms with Crippen LogP contribution in [0.2, 0.25) is 0 Å². The summed E-state index contributed by atoms with van der Waals surface area (Å²) in [6.07, 6.45) is 1.01. The molecule has 1 N–H and O–H groups in total. The van der Waals surface area contributed by atoms with Gasteiger partial charge in [-0.25, -0.2) is 0 Å². The molecular weight excluding hydrogens is 428 g/mol. The first-order valence-corrected chi connectivity index (χ1v) is 11.2. The van der Waals surface area contributed by atoms with Crippen molar-refractivity contribution in [1.29, 1.82) is 0 Å². The molecule has 3 aromatic carbocycles. The number of nitrogens with one attached hydrogen (secondary N) is 1. The van der Waals surface area contributed by atoms with E-state index in [2.05, 4.69) is 19.2 Å². The lowest BCUT2D eigenvalue weighted by molar-refractivity contribution is -0.118. The Labute approximate surface area is 199 Å². The van der Waals surface area contributed by atoms with Crippen LogP contribution in [0.15, 0.2) is 77.8 Å². The largest absolute Gasteiger partial charge is 0.497 e. The SMILES string of the molecule is COc1ccc2c(c1)C(CC(=O)c1ccc(NC(=O)COc3ccccc3)cc1)=NC(C)(C)C2. The Kier molecular flexibility index (Phi) is 6.77. The molecule has 6 nitrogen and oxygen atoms in total. The van der Waals surface area contributed by atoms with Gasteiger partial charge in [-0.15, -0.1) is 0 Å². The zero-order valence-electron chi connectivity index (χ0n) is 19.6. The Morgan fingerprint density at radius 2 is 1.71 bits per heavy atom. The summed E-state index contributed by atoms with van der Waals surface area (Å²) in [6, 6.07) is 22.0. The molecule has 0 atom stereocenters. The number of hydrogen-bond donors (Lipinski definition) is 1. The molecule has 1 aliphatic heterocycles. The van der Waals surface area contributed by atoms with Gasteiger partial charge in [0.05, 0.1) is 24.8 Å². The van der Waals surface area contributed by atoms with E-state index in [-0.39, 0.29) is 30.3 Å². The van der Waals surface area contributed by atoms with Crippen LogP contribution >= 0.6 is 0 Å². The van der Waals surface area contributed by atoms with E-state index in [1.54, 1.807) is 43.5 Å². The fraction of sp³-hybridized carbons (Fsp3) is 0.250. The van der Waals surface area contributed by atoms with Crippen molar-refractivity contribution in [1.82, 2.24) is 0 Å². The van der Waals surface area contributed by atoms with Crippen LogP contribution in [0, 0.1) is 0 Å². The molecule has 4 rings (SSSR count). The highest BCUT2D eigenvalue weighted by atomic mass is 16.5. The molecule has 0 saturated heterocycles. The summed E-state index contributed by atoms with van der Waals surface area (Å²) >= 11 is 0. The van der Waals surface area contributed by atoms with Gasteiger partial charge >= 0.3 is 0 Å². The second-order valence-corrected chi connectivity index (χ2v) is 8.90. The van der Waals surface area contributed by atoms with Gasteiger partial charge in [-0.05, 0) is 74.4 Å². The lowest BCUT2D eigenvalue weighted by Gasteiger charge is -2.29. The predicted octanol–water partition coefficient (Wildman–Crippen LogP) is 5.11. The van der Waals surface area contributed by atoms with Crippen molar-refractivity contribution in [3.05, 3.63) is 89.5 Å². The lowest BCUT2D eigenvalue weighted by Crippen LogP contribution is -2.30. The van der Waals surface area contributed by atoms with Gasteiger partial charge in [-0.2, -0.15) is 0 Å². The average Bonchev–Trinajstić information content (AvgIpc) is 2.83. The molecule has 174 valence electrons. The summed E-state index contributed by atoms with van der Waals surface area (Å²) in [5.41, 5.74) is 3.80. The second kappa shape index (κ2) is 9.91. The Balaban J connectivity index is 1.41. The molecule has 0 unspecified atom stereocenters. The first-order chi connectivity index (χ1) is 16.3. The standard InChI is InChI=1S/C28H28N2O4/c1-28(2)17-20-11-14-23(33-3)15-24(20)25(30-28)16-26(31)19-9-12-21(13-10-19)29-27(32)18-34-22-7-5-4-6-8-22/h4-15H,16-18H2,1-3H3,(H,29,32). The number of anilines is 1. The third-order valence-corrected chi connectivity index (χ3v) is 5.62. The van der Waals surface area contributed by atoms with Crippen LogP contribution < -0.4 is 14.8 Å². The van der Waals surface area contributed by atoms with Crippen molar-refractivity contribution in [2.45, 2.75) is 32.2 Å². The molecule has 0 saturated carbocycles. The van der Waals surface area contributed by atoms with Crippen molar-refractivity contribution >= 4 is 23.1 Å². The Morgan fingerprint density at radius 1 is 0.971 bits per heavy atom. The average molecular weight is 457 g/mol. The van der Waals surface area contributed by atoms with E-state index in [1.807, 2.05) is 36.4 Å². The highest BCUT2D eigenvalue weighted by molar-refractivity contribution is 6.17. The third-order valence-electron chi connectivity index (χ3n) is 5.62. The third kappa shape index (κ3) is 5.70. The molecule has 3 aromatic rings. The van der Waals surface area contributed by atoms with Crippen molar-refractivity contribution < 1.29 is 19.1 Å². The minimum absolute atomic E-state index is 0.0319. The second-order valence-electron chi connectivity index (χ2n) is 8.90. The minimum atomic E-state index is -0.271. The predicted molar refractivity (Wildman–Crippen MR) is 133 cm³/mol. The van der Waals surface area contributed by atoms with Crippen LogP contribution in [0.25, 0.3) is 0 Å². The first kappa shape index (κ1) is 23.2. The molecule has 6 heteroatoms. The van der Waals surface area contributed by atoms with Gasteiger partial charge in [0.1, 0.15) is 11.5 Å².